The van der Waals surface area contributed by atoms with Gasteiger partial charge in [-0.3, -0.25) is 8.37 Å². The number of hydrogen-bond donors (Lipinski definition) is 0. The van der Waals surface area contributed by atoms with Crippen molar-refractivity contribution in [3.63, 3.8) is 0 Å². The molecule has 4 rings (SSSR count). The highest BCUT2D eigenvalue weighted by molar-refractivity contribution is 7.86. The van der Waals surface area contributed by atoms with Crippen molar-refractivity contribution in [2.45, 2.75) is 97.5 Å². The molecule has 0 bridgehead atoms. The van der Waals surface area contributed by atoms with Crippen LogP contribution in [0.4, 0.5) is 0 Å². The maximum absolute atomic E-state index is 12.4. The van der Waals surface area contributed by atoms with Crippen molar-refractivity contribution < 1.29 is 25.2 Å². The van der Waals surface area contributed by atoms with E-state index in [0.29, 0.717) is 41.4 Å². The van der Waals surface area contributed by atoms with E-state index >= 15 is 0 Å². The first kappa shape index (κ1) is 26.9. The molecule has 0 aromatic heterocycles. The predicted molar refractivity (Wildman–Crippen MR) is 134 cm³/mol. The van der Waals surface area contributed by atoms with Gasteiger partial charge in [0, 0.05) is 5.41 Å². The molecule has 0 aliphatic heterocycles. The fourth-order valence-corrected chi connectivity index (χ4v) is 10.5. The third-order valence-electron chi connectivity index (χ3n) is 10.8. The molecule has 0 radical (unpaired) electrons. The van der Waals surface area contributed by atoms with Crippen LogP contribution in [0.15, 0.2) is 0 Å². The van der Waals surface area contributed by atoms with E-state index in [1.165, 1.54) is 44.8 Å². The topological polar surface area (TPSA) is 86.7 Å². The van der Waals surface area contributed by atoms with Gasteiger partial charge in [0.05, 0.1) is 25.2 Å². The second kappa shape index (κ2) is 9.60. The van der Waals surface area contributed by atoms with Crippen LogP contribution in [0.2, 0.25) is 0 Å². The third-order valence-corrected chi connectivity index (χ3v) is 12.0. The Bertz CT molecular complexity index is 946. The monoisotopic (exact) mass is 518 g/mol. The van der Waals surface area contributed by atoms with Crippen LogP contribution in [0.5, 0.6) is 0 Å². The Morgan fingerprint density at radius 2 is 1.65 bits per heavy atom. The second-order valence-electron chi connectivity index (χ2n) is 12.6. The molecule has 0 spiro atoms. The summed E-state index contributed by atoms with van der Waals surface area (Å²) in [4.78, 5) is 0. The maximum Gasteiger partial charge on any atom is 0.264 e. The molecule has 9 atom stereocenters. The van der Waals surface area contributed by atoms with E-state index < -0.39 is 20.2 Å². The van der Waals surface area contributed by atoms with Crippen LogP contribution < -0.4 is 0 Å². The highest BCUT2D eigenvalue weighted by atomic mass is 32.2. The third kappa shape index (κ3) is 5.12. The normalized spacial score (nSPS) is 43.6. The molecule has 198 valence electrons. The van der Waals surface area contributed by atoms with Crippen molar-refractivity contribution in [1.82, 2.24) is 0 Å². The largest absolute Gasteiger partial charge is 0.270 e. The average molecular weight is 519 g/mol. The Balaban J connectivity index is 1.58. The van der Waals surface area contributed by atoms with Crippen molar-refractivity contribution in [1.29, 1.82) is 0 Å². The van der Waals surface area contributed by atoms with Gasteiger partial charge >= 0.3 is 0 Å². The molecule has 4 aliphatic carbocycles. The SMILES string of the molecule is C[C@H](CCCOS(C)(=O)=O)[C@H]1CC[C@H]2[C@@H]3CC[C@H]4CCCC[C@]4(C)[C@H]3C[C@H](OS(C)(=O)=O)[C@]12C. The number of hydrogen-bond acceptors (Lipinski definition) is 6. The average Bonchev–Trinajstić information content (AvgIpc) is 3.08. The van der Waals surface area contributed by atoms with Crippen LogP contribution in [0.1, 0.15) is 91.4 Å². The van der Waals surface area contributed by atoms with Crippen molar-refractivity contribution in [2.24, 2.45) is 46.3 Å². The molecule has 0 amide bonds. The van der Waals surface area contributed by atoms with Crippen molar-refractivity contribution in [3.8, 4) is 0 Å². The van der Waals surface area contributed by atoms with Gasteiger partial charge in [0.15, 0.2) is 0 Å². The van der Waals surface area contributed by atoms with Gasteiger partial charge in [-0.2, -0.15) is 16.8 Å². The molecule has 0 N–H and O–H groups in total. The molecule has 0 unspecified atom stereocenters. The molecule has 4 aliphatic rings. The zero-order valence-electron chi connectivity index (χ0n) is 21.8. The minimum atomic E-state index is -3.56. The van der Waals surface area contributed by atoms with Gasteiger partial charge < -0.3 is 0 Å². The summed E-state index contributed by atoms with van der Waals surface area (Å²) in [7, 11) is -6.98. The number of rotatable bonds is 8. The van der Waals surface area contributed by atoms with Gasteiger partial charge in [0.1, 0.15) is 0 Å². The summed E-state index contributed by atoms with van der Waals surface area (Å²) in [5, 5.41) is 0. The van der Waals surface area contributed by atoms with Crippen LogP contribution in [0.25, 0.3) is 0 Å². The lowest BCUT2D eigenvalue weighted by atomic mass is 9.44. The maximum atomic E-state index is 12.4. The highest BCUT2D eigenvalue weighted by Gasteiger charge is 2.64. The quantitative estimate of drug-likeness (QED) is 0.317. The molecular formula is C26H46O6S2. The van der Waals surface area contributed by atoms with Crippen LogP contribution in [-0.4, -0.2) is 42.1 Å². The van der Waals surface area contributed by atoms with Gasteiger partial charge in [-0.05, 0) is 98.7 Å². The van der Waals surface area contributed by atoms with E-state index in [2.05, 4.69) is 20.8 Å². The zero-order valence-corrected chi connectivity index (χ0v) is 23.4. The molecule has 4 fully saturated rings. The fourth-order valence-electron chi connectivity index (χ4n) is 9.36. The molecule has 0 heterocycles. The summed E-state index contributed by atoms with van der Waals surface area (Å²) < 4.78 is 58.4. The van der Waals surface area contributed by atoms with E-state index in [4.69, 9.17) is 8.37 Å². The smallest absolute Gasteiger partial charge is 0.264 e. The molecule has 0 aromatic carbocycles. The van der Waals surface area contributed by atoms with Crippen LogP contribution in [-0.2, 0) is 28.6 Å². The lowest BCUT2D eigenvalue weighted by Gasteiger charge is -2.62. The van der Waals surface area contributed by atoms with E-state index in [1.54, 1.807) is 0 Å². The molecule has 4 saturated carbocycles. The van der Waals surface area contributed by atoms with Gasteiger partial charge in [-0.1, -0.05) is 33.6 Å². The summed E-state index contributed by atoms with van der Waals surface area (Å²) in [5.74, 6) is 3.22. The molecule has 0 saturated heterocycles. The Morgan fingerprint density at radius 3 is 2.32 bits per heavy atom. The van der Waals surface area contributed by atoms with Crippen LogP contribution >= 0.6 is 0 Å². The van der Waals surface area contributed by atoms with E-state index in [9.17, 15) is 16.8 Å². The van der Waals surface area contributed by atoms with Gasteiger partial charge in [0.2, 0.25) is 0 Å². The van der Waals surface area contributed by atoms with E-state index in [0.717, 1.165) is 37.9 Å². The first-order valence-corrected chi connectivity index (χ1v) is 17.1. The predicted octanol–water partition coefficient (Wildman–Crippen LogP) is 5.38. The summed E-state index contributed by atoms with van der Waals surface area (Å²) in [6.45, 7) is 7.29. The van der Waals surface area contributed by atoms with Crippen LogP contribution in [0, 0.1) is 46.3 Å². The van der Waals surface area contributed by atoms with Crippen molar-refractivity contribution >= 4 is 20.2 Å². The Kier molecular flexibility index (Phi) is 7.59. The van der Waals surface area contributed by atoms with Crippen molar-refractivity contribution in [2.75, 3.05) is 19.1 Å². The Labute approximate surface area is 208 Å². The van der Waals surface area contributed by atoms with E-state index in [-0.39, 0.29) is 18.1 Å². The second-order valence-corrected chi connectivity index (χ2v) is 15.9. The first-order chi connectivity index (χ1) is 15.8. The summed E-state index contributed by atoms with van der Waals surface area (Å²) >= 11 is 0. The Morgan fingerprint density at radius 1 is 0.912 bits per heavy atom. The summed E-state index contributed by atoms with van der Waals surface area (Å²) in [6, 6.07) is 0. The van der Waals surface area contributed by atoms with Gasteiger partial charge in [0.25, 0.3) is 20.2 Å². The fraction of sp³-hybridized carbons (Fsp3) is 1.00. The standard InChI is InChI=1S/C26H46O6S2/c1-18(9-8-16-31-33(4,27)28)21-13-14-22-20-12-11-19-10-6-7-15-25(19,2)23(20)17-24(26(21,22)3)32-34(5,29)30/h18-24H,6-17H2,1-5H3/t18-,19-,20+,21-,22+,23+,24+,25+,26-/m1/s1. The van der Waals surface area contributed by atoms with Crippen LogP contribution in [0.3, 0.4) is 0 Å². The number of fused-ring (bicyclic) bond motifs is 5. The Hall–Kier alpha value is -0.180. The molecule has 34 heavy (non-hydrogen) atoms. The first-order valence-electron chi connectivity index (χ1n) is 13.5. The molecule has 6 nitrogen and oxygen atoms in total. The lowest BCUT2D eigenvalue weighted by molar-refractivity contribution is -0.159. The highest BCUT2D eigenvalue weighted by Crippen LogP contribution is 2.69. The lowest BCUT2D eigenvalue weighted by Crippen LogP contribution is -2.59. The van der Waals surface area contributed by atoms with E-state index in [1.807, 2.05) is 0 Å². The zero-order chi connectivity index (χ0) is 24.9. The minimum absolute atomic E-state index is 0.167. The minimum Gasteiger partial charge on any atom is -0.270 e. The molecular weight excluding hydrogens is 472 g/mol. The summed E-state index contributed by atoms with van der Waals surface area (Å²) in [6.07, 6.45) is 14.5. The molecule has 8 heteroatoms. The van der Waals surface area contributed by atoms with Gasteiger partial charge in [-0.15, -0.1) is 0 Å². The molecule has 0 aromatic rings. The van der Waals surface area contributed by atoms with Gasteiger partial charge in [-0.25, -0.2) is 0 Å². The summed E-state index contributed by atoms with van der Waals surface area (Å²) in [5.41, 5.74) is 0.146. The van der Waals surface area contributed by atoms with Crippen molar-refractivity contribution in [3.05, 3.63) is 0 Å².